The average molecular weight is 581 g/mol. The number of methoxy groups -OCH3 is 2. The molecule has 0 spiro atoms. The molecule has 2 amide bonds. The van der Waals surface area contributed by atoms with Crippen LogP contribution in [0.25, 0.3) is 0 Å². The maximum absolute atomic E-state index is 13.6. The van der Waals surface area contributed by atoms with Crippen molar-refractivity contribution in [2.45, 2.75) is 37.0 Å². The van der Waals surface area contributed by atoms with Crippen LogP contribution in [0.1, 0.15) is 33.0 Å². The molecular formula is C28H31F3N2O8. The van der Waals surface area contributed by atoms with Gasteiger partial charge in [-0.2, -0.15) is 13.2 Å². The highest BCUT2D eigenvalue weighted by atomic mass is 19.4. The van der Waals surface area contributed by atoms with Crippen LogP contribution < -0.4 is 14.8 Å². The first-order valence-corrected chi connectivity index (χ1v) is 12.8. The maximum Gasteiger partial charge on any atom is 0.416 e. The molecule has 2 aromatic rings. The number of fused-ring (bicyclic) bond motifs is 3. The molecule has 0 aromatic heterocycles. The fraction of sp³-hybridized carbons (Fsp3) is 0.429. The number of alkyl halides is 3. The molecule has 41 heavy (non-hydrogen) atoms. The number of carbonyl (C=O) groups excluding carboxylic acids is 2. The largest absolute Gasteiger partial charge is 0.493 e. The van der Waals surface area contributed by atoms with Gasteiger partial charge in [-0.1, -0.05) is 0 Å². The number of amides is 2. The molecule has 4 N–H and O–H groups in total. The number of carbonyl (C=O) groups is 2. The van der Waals surface area contributed by atoms with Crippen LogP contribution in [0, 0.1) is 0 Å². The molecule has 0 bridgehead atoms. The van der Waals surface area contributed by atoms with Crippen molar-refractivity contribution in [2.24, 2.45) is 0 Å². The first-order chi connectivity index (χ1) is 19.5. The minimum Gasteiger partial charge on any atom is -0.493 e. The van der Waals surface area contributed by atoms with E-state index in [0.717, 1.165) is 24.3 Å². The molecule has 13 heteroatoms. The number of benzene rings is 2. The van der Waals surface area contributed by atoms with Gasteiger partial charge in [0.2, 0.25) is 5.91 Å². The fourth-order valence-corrected chi connectivity index (χ4v) is 5.16. The summed E-state index contributed by atoms with van der Waals surface area (Å²) in [6.45, 7) is -0.761. The quantitative estimate of drug-likeness (QED) is 0.333. The van der Waals surface area contributed by atoms with Crippen molar-refractivity contribution in [3.8, 4) is 11.5 Å². The molecule has 0 saturated carbocycles. The van der Waals surface area contributed by atoms with Crippen molar-refractivity contribution in [2.75, 3.05) is 40.5 Å². The Morgan fingerprint density at radius 2 is 1.83 bits per heavy atom. The van der Waals surface area contributed by atoms with Gasteiger partial charge in [0, 0.05) is 36.9 Å². The number of nitrogens with one attached hydrogen (secondary N) is 1. The van der Waals surface area contributed by atoms with Crippen LogP contribution in [0.2, 0.25) is 0 Å². The smallest absolute Gasteiger partial charge is 0.416 e. The van der Waals surface area contributed by atoms with Crippen LogP contribution in [0.4, 0.5) is 13.2 Å². The second-order valence-corrected chi connectivity index (χ2v) is 9.58. The Hall–Kier alpha value is -3.65. The number of halogens is 3. The lowest BCUT2D eigenvalue weighted by Crippen LogP contribution is -2.56. The van der Waals surface area contributed by atoms with Gasteiger partial charge in [-0.3, -0.25) is 9.59 Å². The molecule has 0 saturated heterocycles. The molecule has 1 heterocycles. The van der Waals surface area contributed by atoms with Crippen LogP contribution in [0.15, 0.2) is 48.0 Å². The van der Waals surface area contributed by atoms with E-state index in [2.05, 4.69) is 5.32 Å². The second-order valence-electron chi connectivity index (χ2n) is 9.58. The molecule has 2 aromatic carbocycles. The highest BCUT2D eigenvalue weighted by Gasteiger charge is 2.51. The topological polar surface area (TPSA) is 138 Å². The number of aliphatic hydroxyl groups excluding tert-OH is 3. The standard InChI is InChI=1S/C28H31F3N2O8/c1-39-10-8-33(27(38)16-3-5-17(6-4-16)28(29,30)31)20-13-19(26(37)32-7-9-34)22-18-11-15(14-35)12-21(40-2)24(18)41-25(22)23(20)36/h3-6,11-13,20,22-23,25,34-36H,7-10,14H2,1-2H3,(H,32,37)/t20-,22+,23+,25+/m1/s1. The molecule has 1 aliphatic heterocycles. The summed E-state index contributed by atoms with van der Waals surface area (Å²) in [5.74, 6) is -1.56. The number of hydrogen-bond donors (Lipinski definition) is 4. The van der Waals surface area contributed by atoms with Crippen LogP contribution in [0.5, 0.6) is 11.5 Å². The lowest BCUT2D eigenvalue weighted by atomic mass is 9.77. The van der Waals surface area contributed by atoms with Crippen molar-refractivity contribution >= 4 is 11.8 Å². The Kier molecular flexibility index (Phi) is 9.22. The maximum atomic E-state index is 13.6. The summed E-state index contributed by atoms with van der Waals surface area (Å²) < 4.78 is 56.0. The zero-order valence-corrected chi connectivity index (χ0v) is 22.4. The summed E-state index contributed by atoms with van der Waals surface area (Å²) in [4.78, 5) is 28.2. The zero-order chi connectivity index (χ0) is 29.9. The third-order valence-electron chi connectivity index (χ3n) is 7.11. The van der Waals surface area contributed by atoms with Crippen molar-refractivity contribution in [3.63, 3.8) is 0 Å². The lowest BCUT2D eigenvalue weighted by molar-refractivity contribution is -0.137. The molecule has 0 unspecified atom stereocenters. The molecule has 0 radical (unpaired) electrons. The molecule has 0 fully saturated rings. The number of hydrogen-bond acceptors (Lipinski definition) is 8. The molecule has 222 valence electrons. The van der Waals surface area contributed by atoms with E-state index in [-0.39, 0.29) is 55.5 Å². The number of aliphatic hydroxyl groups is 3. The molecular weight excluding hydrogens is 549 g/mol. The predicted octanol–water partition coefficient (Wildman–Crippen LogP) is 1.62. The summed E-state index contributed by atoms with van der Waals surface area (Å²) in [7, 11) is 2.81. The van der Waals surface area contributed by atoms with Gasteiger partial charge in [-0.25, -0.2) is 0 Å². The molecule has 4 atom stereocenters. The summed E-state index contributed by atoms with van der Waals surface area (Å²) in [6, 6.07) is 5.73. The van der Waals surface area contributed by atoms with Crippen LogP contribution >= 0.6 is 0 Å². The Labute approximate surface area is 233 Å². The van der Waals surface area contributed by atoms with Crippen LogP contribution in [0.3, 0.4) is 0 Å². The molecule has 4 rings (SSSR count). The van der Waals surface area contributed by atoms with Gasteiger partial charge >= 0.3 is 6.18 Å². The lowest BCUT2D eigenvalue weighted by Gasteiger charge is -2.40. The Bertz CT molecular complexity index is 1300. The van der Waals surface area contributed by atoms with E-state index >= 15 is 0 Å². The van der Waals surface area contributed by atoms with Crippen molar-refractivity contribution in [3.05, 3.63) is 70.3 Å². The first-order valence-electron chi connectivity index (χ1n) is 12.8. The summed E-state index contributed by atoms with van der Waals surface area (Å²) in [6.07, 6.45) is -5.62. The van der Waals surface area contributed by atoms with E-state index in [4.69, 9.17) is 14.2 Å². The SMILES string of the molecule is COCCN(C(=O)c1ccc(C(F)(F)F)cc1)[C@@H]1C=C(C(=O)NCCO)[C@@H]2c3cc(CO)cc(OC)c3O[C@@H]2[C@H]1O. The van der Waals surface area contributed by atoms with E-state index in [0.29, 0.717) is 11.1 Å². The highest BCUT2D eigenvalue weighted by molar-refractivity contribution is 5.97. The number of rotatable bonds is 10. The minimum absolute atomic E-state index is 0.0261. The van der Waals surface area contributed by atoms with Gasteiger partial charge < -0.3 is 39.7 Å². The zero-order valence-electron chi connectivity index (χ0n) is 22.4. The average Bonchev–Trinajstić information content (AvgIpc) is 3.36. The van der Waals surface area contributed by atoms with E-state index in [9.17, 15) is 38.1 Å². The van der Waals surface area contributed by atoms with Crippen molar-refractivity contribution in [1.29, 1.82) is 0 Å². The minimum atomic E-state index is -4.59. The van der Waals surface area contributed by atoms with Gasteiger partial charge in [0.15, 0.2) is 11.5 Å². The van der Waals surface area contributed by atoms with Gasteiger partial charge in [0.1, 0.15) is 12.2 Å². The Balaban J connectivity index is 1.79. The second kappa shape index (κ2) is 12.5. The normalized spacial score (nSPS) is 21.3. The van der Waals surface area contributed by atoms with Crippen molar-refractivity contribution < 1.29 is 52.3 Å². The summed E-state index contributed by atoms with van der Waals surface area (Å²) >= 11 is 0. The fourth-order valence-electron chi connectivity index (χ4n) is 5.16. The Morgan fingerprint density at radius 1 is 1.12 bits per heavy atom. The van der Waals surface area contributed by atoms with Gasteiger partial charge in [0.05, 0.1) is 44.5 Å². The predicted molar refractivity (Wildman–Crippen MR) is 138 cm³/mol. The number of ether oxygens (including phenoxy) is 3. The number of nitrogens with zero attached hydrogens (tertiary/aromatic N) is 1. The van der Waals surface area contributed by atoms with E-state index in [1.54, 1.807) is 12.1 Å². The highest BCUT2D eigenvalue weighted by Crippen LogP contribution is 2.51. The van der Waals surface area contributed by atoms with Crippen molar-refractivity contribution in [1.82, 2.24) is 10.2 Å². The summed E-state index contributed by atoms with van der Waals surface area (Å²) in [5, 5.41) is 33.2. The van der Waals surface area contributed by atoms with E-state index in [1.165, 1.54) is 25.2 Å². The molecule has 10 nitrogen and oxygen atoms in total. The van der Waals surface area contributed by atoms with E-state index < -0.39 is 47.7 Å². The van der Waals surface area contributed by atoms with E-state index in [1.807, 2.05) is 0 Å². The van der Waals surface area contributed by atoms with Crippen LogP contribution in [-0.2, 0) is 22.3 Å². The van der Waals surface area contributed by atoms with Crippen LogP contribution in [-0.4, -0.2) is 90.8 Å². The molecule has 1 aliphatic carbocycles. The van der Waals surface area contributed by atoms with Gasteiger partial charge in [-0.15, -0.1) is 0 Å². The third-order valence-corrected chi connectivity index (χ3v) is 7.11. The van der Waals surface area contributed by atoms with Gasteiger partial charge in [0.25, 0.3) is 5.91 Å². The van der Waals surface area contributed by atoms with Gasteiger partial charge in [-0.05, 0) is 48.0 Å². The third kappa shape index (κ3) is 6.03. The summed E-state index contributed by atoms with van der Waals surface area (Å²) in [5.41, 5.74) is 0.119. The first kappa shape index (κ1) is 30.3. The Morgan fingerprint density at radius 3 is 2.41 bits per heavy atom. The monoisotopic (exact) mass is 580 g/mol. The molecule has 2 aliphatic rings.